The van der Waals surface area contributed by atoms with Gasteiger partial charge in [-0.25, -0.2) is 0 Å². The lowest BCUT2D eigenvalue weighted by atomic mass is 9.74. The Balaban J connectivity index is 1.60. The van der Waals surface area contributed by atoms with Crippen LogP contribution >= 0.6 is 0 Å². The van der Waals surface area contributed by atoms with Crippen LogP contribution in [0, 0.1) is 17.3 Å². The number of hydrogen-bond donors (Lipinski definition) is 0. The third kappa shape index (κ3) is 3.12. The molecule has 5 heteroatoms. The van der Waals surface area contributed by atoms with Gasteiger partial charge in [0.15, 0.2) is 0 Å². The van der Waals surface area contributed by atoms with E-state index in [-0.39, 0.29) is 40.1 Å². The van der Waals surface area contributed by atoms with Gasteiger partial charge in [-0.2, -0.15) is 0 Å². The highest BCUT2D eigenvalue weighted by Gasteiger charge is 2.82. The van der Waals surface area contributed by atoms with Crippen molar-refractivity contribution < 1.29 is 18.8 Å². The average Bonchev–Trinajstić information content (AvgIpc) is 3.31. The van der Waals surface area contributed by atoms with Crippen LogP contribution in [0.1, 0.15) is 53.9 Å². The zero-order valence-corrected chi connectivity index (χ0v) is 21.3. The second kappa shape index (κ2) is 7.38. The van der Waals surface area contributed by atoms with Crippen LogP contribution in [0.15, 0.2) is 60.7 Å². The lowest BCUT2D eigenvalue weighted by Crippen LogP contribution is -2.69. The van der Waals surface area contributed by atoms with Gasteiger partial charge in [0.1, 0.15) is 11.4 Å². The van der Waals surface area contributed by atoms with Crippen molar-refractivity contribution in [2.24, 2.45) is 17.3 Å². The van der Waals surface area contributed by atoms with Crippen LogP contribution in [-0.4, -0.2) is 31.8 Å². The minimum absolute atomic E-state index is 0.0493. The first-order chi connectivity index (χ1) is 15.6. The van der Waals surface area contributed by atoms with Crippen LogP contribution in [0.2, 0.25) is 5.04 Å². The third-order valence-corrected chi connectivity index (χ3v) is 13.6. The van der Waals surface area contributed by atoms with Crippen molar-refractivity contribution >= 4 is 30.4 Å². The molecule has 174 valence electrons. The Morgan fingerprint density at radius 1 is 1.00 bits per heavy atom. The van der Waals surface area contributed by atoms with E-state index in [4.69, 9.17) is 9.16 Å². The summed E-state index contributed by atoms with van der Waals surface area (Å²) in [4.78, 5) is 25.0. The third-order valence-electron chi connectivity index (χ3n) is 8.56. The Labute approximate surface area is 197 Å². The number of esters is 1. The van der Waals surface area contributed by atoms with Crippen molar-refractivity contribution in [1.29, 1.82) is 0 Å². The molecule has 2 aromatic rings. The summed E-state index contributed by atoms with van der Waals surface area (Å²) in [7, 11) is -2.72. The van der Waals surface area contributed by atoms with Crippen LogP contribution in [0.25, 0.3) is 0 Å². The predicted molar refractivity (Wildman–Crippen MR) is 131 cm³/mol. The zero-order valence-electron chi connectivity index (χ0n) is 20.3. The molecule has 3 fully saturated rings. The fourth-order valence-electron chi connectivity index (χ4n) is 7.31. The molecule has 0 aliphatic heterocycles. The molecule has 0 aromatic heterocycles. The van der Waals surface area contributed by atoms with Gasteiger partial charge in [0.2, 0.25) is 0 Å². The van der Waals surface area contributed by atoms with E-state index >= 15 is 0 Å². The van der Waals surface area contributed by atoms with Gasteiger partial charge >= 0.3 is 5.97 Å². The molecule has 0 spiro atoms. The van der Waals surface area contributed by atoms with Crippen molar-refractivity contribution in [3.05, 3.63) is 60.7 Å². The molecule has 0 unspecified atom stereocenters. The molecule has 3 saturated carbocycles. The van der Waals surface area contributed by atoms with Crippen LogP contribution in [0.5, 0.6) is 0 Å². The minimum atomic E-state index is -2.72. The first-order valence-corrected chi connectivity index (χ1v) is 14.0. The standard InChI is InChI=1S/C28H34O4Si/c1-19(29)31-28-17-16-23(27(5)24(25(27)28)22(30)18-28)32-33(26(2,3)4,20-12-8-6-9-13-20)21-14-10-7-11-15-21/h6-15,23-25H,16-18H2,1-5H3/t23-,24+,25-,27+,28+/m1/s1. The molecule has 3 aliphatic carbocycles. The Kier molecular flexibility index (Phi) is 5.04. The normalized spacial score (nSPS) is 32.9. The molecule has 0 amide bonds. The number of fused-ring (bicyclic) bond motifs is 1. The van der Waals surface area contributed by atoms with Crippen molar-refractivity contribution in [2.75, 3.05) is 0 Å². The number of benzene rings is 2. The molecular weight excluding hydrogens is 428 g/mol. The van der Waals surface area contributed by atoms with E-state index in [0.717, 1.165) is 6.42 Å². The number of Topliss-reactive ketones (excluding diaryl/α,β-unsaturated/α-hetero) is 1. The van der Waals surface area contributed by atoms with E-state index < -0.39 is 13.9 Å². The number of rotatable bonds is 5. The number of ether oxygens (including phenoxy) is 1. The molecule has 5 rings (SSSR count). The van der Waals surface area contributed by atoms with Crippen molar-refractivity contribution in [3.63, 3.8) is 0 Å². The molecule has 5 atom stereocenters. The van der Waals surface area contributed by atoms with Crippen LogP contribution in [-0.2, 0) is 18.8 Å². The van der Waals surface area contributed by atoms with Gasteiger partial charge < -0.3 is 9.16 Å². The van der Waals surface area contributed by atoms with Crippen molar-refractivity contribution in [3.8, 4) is 0 Å². The molecule has 3 aliphatic rings. The molecule has 33 heavy (non-hydrogen) atoms. The monoisotopic (exact) mass is 462 g/mol. The Morgan fingerprint density at radius 3 is 2.03 bits per heavy atom. The zero-order chi connectivity index (χ0) is 23.6. The average molecular weight is 463 g/mol. The van der Waals surface area contributed by atoms with E-state index in [1.165, 1.54) is 17.3 Å². The van der Waals surface area contributed by atoms with E-state index in [1.54, 1.807) is 0 Å². The highest BCUT2D eigenvalue weighted by atomic mass is 28.4. The van der Waals surface area contributed by atoms with Crippen LogP contribution in [0.4, 0.5) is 0 Å². The second-order valence-corrected chi connectivity index (χ2v) is 15.7. The second-order valence-electron chi connectivity index (χ2n) is 11.4. The predicted octanol–water partition coefficient (Wildman–Crippen LogP) is 4.25. The van der Waals surface area contributed by atoms with E-state index in [0.29, 0.717) is 12.8 Å². The maximum Gasteiger partial charge on any atom is 0.303 e. The smallest absolute Gasteiger partial charge is 0.303 e. The Bertz CT molecular complexity index is 1040. The molecule has 4 nitrogen and oxygen atoms in total. The molecule has 0 N–H and O–H groups in total. The summed E-state index contributed by atoms with van der Waals surface area (Å²) in [6, 6.07) is 21.3. The SMILES string of the molecule is CC(=O)O[C@@]12CC[C@@H](O[Si](c3ccccc3)(c3ccccc3)C(C)(C)C)[C@@]3(C)[C@@H](C(=O)C1)[C@@H]23. The first kappa shape index (κ1) is 22.5. The van der Waals surface area contributed by atoms with Gasteiger partial charge in [-0.1, -0.05) is 88.4 Å². The maximum atomic E-state index is 13.0. The molecule has 0 heterocycles. The quantitative estimate of drug-likeness (QED) is 0.492. The summed E-state index contributed by atoms with van der Waals surface area (Å²) < 4.78 is 13.3. The summed E-state index contributed by atoms with van der Waals surface area (Å²) in [5.41, 5.74) is -0.913. The molecular formula is C28H34O4Si. The van der Waals surface area contributed by atoms with Crippen molar-refractivity contribution in [2.45, 2.75) is 70.6 Å². The number of ketones is 1. The first-order valence-electron chi connectivity index (χ1n) is 12.1. The van der Waals surface area contributed by atoms with Gasteiger partial charge in [0.05, 0.1) is 6.10 Å². The Hall–Kier alpha value is -2.24. The van der Waals surface area contributed by atoms with Gasteiger partial charge in [0.25, 0.3) is 8.32 Å². The number of carbonyl (C=O) groups excluding carboxylic acids is 2. The van der Waals surface area contributed by atoms with Gasteiger partial charge in [-0.15, -0.1) is 0 Å². The van der Waals surface area contributed by atoms with E-state index in [1.807, 2.05) is 0 Å². The highest BCUT2D eigenvalue weighted by molar-refractivity contribution is 6.99. The molecule has 0 saturated heterocycles. The van der Waals surface area contributed by atoms with E-state index in [2.05, 4.69) is 88.4 Å². The topological polar surface area (TPSA) is 52.6 Å². The van der Waals surface area contributed by atoms with Crippen LogP contribution in [0.3, 0.4) is 0 Å². The number of carbonyl (C=O) groups is 2. The van der Waals surface area contributed by atoms with Crippen molar-refractivity contribution in [1.82, 2.24) is 0 Å². The highest BCUT2D eigenvalue weighted by Crippen LogP contribution is 2.76. The largest absolute Gasteiger partial charge is 0.458 e. The fourth-order valence-corrected chi connectivity index (χ4v) is 12.1. The molecule has 0 bridgehead atoms. The fraction of sp³-hybridized carbons (Fsp3) is 0.500. The lowest BCUT2D eigenvalue weighted by molar-refractivity contribution is -0.168. The summed E-state index contributed by atoms with van der Waals surface area (Å²) in [6.45, 7) is 10.5. The summed E-state index contributed by atoms with van der Waals surface area (Å²) in [5.74, 6) is -0.0514. The molecule has 0 radical (unpaired) electrons. The minimum Gasteiger partial charge on any atom is -0.458 e. The lowest BCUT2D eigenvalue weighted by Gasteiger charge is -2.49. The van der Waals surface area contributed by atoms with E-state index in [9.17, 15) is 9.59 Å². The maximum absolute atomic E-state index is 13.0. The van der Waals surface area contributed by atoms with Gasteiger partial charge in [0, 0.05) is 30.6 Å². The van der Waals surface area contributed by atoms with Gasteiger partial charge in [-0.3, -0.25) is 9.59 Å². The Morgan fingerprint density at radius 2 is 1.55 bits per heavy atom. The summed E-state index contributed by atoms with van der Waals surface area (Å²) in [6.07, 6.45) is 1.81. The van der Waals surface area contributed by atoms with Crippen LogP contribution < -0.4 is 10.4 Å². The molecule has 2 aromatic carbocycles. The summed E-state index contributed by atoms with van der Waals surface area (Å²) >= 11 is 0. The number of hydrogen-bond acceptors (Lipinski definition) is 4. The summed E-state index contributed by atoms with van der Waals surface area (Å²) in [5, 5.41) is 2.38. The van der Waals surface area contributed by atoms with Gasteiger partial charge in [-0.05, 0) is 28.3 Å².